The Hall–Kier alpha value is -0.950. The van der Waals surface area contributed by atoms with Crippen molar-refractivity contribution in [3.8, 4) is 5.75 Å². The van der Waals surface area contributed by atoms with E-state index >= 15 is 0 Å². The van der Waals surface area contributed by atoms with Crippen LogP contribution in [0.4, 0.5) is 0 Å². The number of rotatable bonds is 2. The third kappa shape index (κ3) is 2.28. The third-order valence-electron chi connectivity index (χ3n) is 1.34. The molecule has 0 saturated heterocycles. The van der Waals surface area contributed by atoms with Gasteiger partial charge in [0.2, 0.25) is 0 Å². The molecule has 1 aromatic rings. The van der Waals surface area contributed by atoms with Gasteiger partial charge in [-0.3, -0.25) is 0 Å². The van der Waals surface area contributed by atoms with Gasteiger partial charge in [0.25, 0.3) is 0 Å². The average Bonchev–Trinajstić information content (AvgIpc) is 2.03. The lowest BCUT2D eigenvalue weighted by molar-refractivity contribution is 0.478. The minimum absolute atomic E-state index is 0.837. The molecular weight excluding hydrogens is 160 g/mol. The smallest absolute Gasteiger partial charge is 0.129 e. The molecule has 0 amide bonds. The molecule has 0 bridgehead atoms. The van der Waals surface area contributed by atoms with Gasteiger partial charge in [0.05, 0.1) is 0 Å². The molecule has 11 heavy (non-hydrogen) atoms. The number of hydrogen-bond acceptors (Lipinski definition) is 1. The average molecular weight is 169 g/mol. The lowest BCUT2D eigenvalue weighted by Crippen LogP contribution is -1.83. The van der Waals surface area contributed by atoms with Crippen molar-refractivity contribution >= 4 is 11.6 Å². The second-order valence-electron chi connectivity index (χ2n) is 2.15. The number of halogens is 1. The van der Waals surface area contributed by atoms with Crippen molar-refractivity contribution in [3.63, 3.8) is 0 Å². The fraction of sp³-hybridized carbons (Fsp3) is 0.111. The van der Waals surface area contributed by atoms with Crippen molar-refractivity contribution < 1.29 is 4.74 Å². The molecule has 0 aliphatic heterocycles. The van der Waals surface area contributed by atoms with Crippen molar-refractivity contribution in [3.05, 3.63) is 41.6 Å². The summed E-state index contributed by atoms with van der Waals surface area (Å²) in [7, 11) is 0. The van der Waals surface area contributed by atoms with Crippen LogP contribution in [0.5, 0.6) is 5.75 Å². The van der Waals surface area contributed by atoms with Gasteiger partial charge in [-0.1, -0.05) is 29.8 Å². The summed E-state index contributed by atoms with van der Waals surface area (Å²) in [5, 5.41) is 0. The quantitative estimate of drug-likeness (QED) is 0.617. The van der Waals surface area contributed by atoms with Crippen LogP contribution in [0.25, 0.3) is 0 Å². The summed E-state index contributed by atoms with van der Waals surface area (Å²) in [4.78, 5) is 0. The zero-order valence-corrected chi connectivity index (χ0v) is 7.01. The van der Waals surface area contributed by atoms with Crippen molar-refractivity contribution in [2.45, 2.75) is 6.92 Å². The van der Waals surface area contributed by atoms with E-state index in [4.69, 9.17) is 16.3 Å². The second-order valence-corrected chi connectivity index (χ2v) is 2.40. The minimum atomic E-state index is 0.837. The summed E-state index contributed by atoms with van der Waals surface area (Å²) >= 11 is 5.30. The van der Waals surface area contributed by atoms with Crippen molar-refractivity contribution in [1.82, 2.24) is 0 Å². The molecule has 0 atom stereocenters. The Balaban J connectivity index is 2.77. The van der Waals surface area contributed by atoms with Crippen LogP contribution >= 0.6 is 11.6 Å². The van der Waals surface area contributed by atoms with E-state index in [1.54, 1.807) is 0 Å². The van der Waals surface area contributed by atoms with E-state index in [0.717, 1.165) is 11.3 Å². The number of para-hydroxylation sites is 1. The van der Waals surface area contributed by atoms with Crippen molar-refractivity contribution in [1.29, 1.82) is 0 Å². The highest BCUT2D eigenvalue weighted by molar-refractivity contribution is 6.25. The van der Waals surface area contributed by atoms with E-state index in [2.05, 4.69) is 0 Å². The molecule has 0 unspecified atom stereocenters. The molecule has 0 saturated carbocycles. The van der Waals surface area contributed by atoms with Gasteiger partial charge in [-0.05, 0) is 18.6 Å². The highest BCUT2D eigenvalue weighted by atomic mass is 35.5. The maximum Gasteiger partial charge on any atom is 0.129 e. The fourth-order valence-electron chi connectivity index (χ4n) is 0.788. The van der Waals surface area contributed by atoms with Gasteiger partial charge in [-0.15, -0.1) is 0 Å². The summed E-state index contributed by atoms with van der Waals surface area (Å²) < 4.78 is 5.17. The van der Waals surface area contributed by atoms with Gasteiger partial charge in [-0.2, -0.15) is 0 Å². The molecule has 1 rings (SSSR count). The van der Waals surface area contributed by atoms with E-state index in [9.17, 15) is 0 Å². The standard InChI is InChI=1S/C9H9ClO/c1-8-4-2-3-5-9(8)11-7-6-10/h2-7H,1H3/b7-6-. The van der Waals surface area contributed by atoms with Crippen LogP contribution in [0, 0.1) is 6.92 Å². The normalized spacial score (nSPS) is 10.4. The number of ether oxygens (including phenoxy) is 1. The fourth-order valence-corrected chi connectivity index (χ4v) is 0.839. The van der Waals surface area contributed by atoms with E-state index in [0.29, 0.717) is 0 Å². The summed E-state index contributed by atoms with van der Waals surface area (Å²) in [6.07, 6.45) is 1.45. The third-order valence-corrected chi connectivity index (χ3v) is 1.44. The molecule has 0 N–H and O–H groups in total. The SMILES string of the molecule is Cc1ccccc1O/C=C\Cl. The van der Waals surface area contributed by atoms with Crippen LogP contribution in [0.1, 0.15) is 5.56 Å². The first-order valence-corrected chi connectivity index (χ1v) is 3.76. The predicted octanol–water partition coefficient (Wildman–Crippen LogP) is 3.08. The Morgan fingerprint density at radius 1 is 1.36 bits per heavy atom. The summed E-state index contributed by atoms with van der Waals surface area (Å²) in [6.45, 7) is 1.98. The first-order chi connectivity index (χ1) is 5.34. The van der Waals surface area contributed by atoms with Gasteiger partial charge in [0.1, 0.15) is 12.0 Å². The molecular formula is C9H9ClO. The Kier molecular flexibility index (Phi) is 2.99. The Morgan fingerprint density at radius 2 is 2.09 bits per heavy atom. The summed E-state index contributed by atoms with van der Waals surface area (Å²) in [6, 6.07) is 7.76. The molecule has 58 valence electrons. The Morgan fingerprint density at radius 3 is 2.73 bits per heavy atom. The van der Waals surface area contributed by atoms with Gasteiger partial charge in [0.15, 0.2) is 0 Å². The first-order valence-electron chi connectivity index (χ1n) is 3.32. The maximum absolute atomic E-state index is 5.30. The number of hydrogen-bond donors (Lipinski definition) is 0. The lowest BCUT2D eigenvalue weighted by atomic mass is 10.2. The van der Waals surface area contributed by atoms with Crippen LogP contribution in [0.2, 0.25) is 0 Å². The molecule has 0 heterocycles. The van der Waals surface area contributed by atoms with E-state index in [1.807, 2.05) is 31.2 Å². The highest BCUT2D eigenvalue weighted by Crippen LogP contribution is 2.16. The molecule has 1 aromatic carbocycles. The first kappa shape index (κ1) is 8.15. The molecule has 0 aromatic heterocycles. The molecule has 0 radical (unpaired) electrons. The highest BCUT2D eigenvalue weighted by Gasteiger charge is 1.92. The predicted molar refractivity (Wildman–Crippen MR) is 46.8 cm³/mol. The van der Waals surface area contributed by atoms with Crippen LogP contribution in [0.15, 0.2) is 36.1 Å². The number of benzene rings is 1. The largest absolute Gasteiger partial charge is 0.464 e. The Labute approximate surface area is 71.3 Å². The summed E-state index contributed by atoms with van der Waals surface area (Å²) in [5.74, 6) is 0.837. The molecule has 0 aliphatic carbocycles. The van der Waals surface area contributed by atoms with Crippen molar-refractivity contribution in [2.24, 2.45) is 0 Å². The van der Waals surface area contributed by atoms with Crippen LogP contribution in [-0.4, -0.2) is 0 Å². The van der Waals surface area contributed by atoms with E-state index in [-0.39, 0.29) is 0 Å². The second kappa shape index (κ2) is 4.04. The van der Waals surface area contributed by atoms with Gasteiger partial charge in [0, 0.05) is 5.54 Å². The molecule has 2 heteroatoms. The van der Waals surface area contributed by atoms with Crippen LogP contribution in [-0.2, 0) is 0 Å². The van der Waals surface area contributed by atoms with E-state index < -0.39 is 0 Å². The molecule has 0 spiro atoms. The number of aryl methyl sites for hydroxylation is 1. The van der Waals surface area contributed by atoms with E-state index in [1.165, 1.54) is 11.8 Å². The molecule has 1 nitrogen and oxygen atoms in total. The zero-order valence-electron chi connectivity index (χ0n) is 6.25. The Bertz CT molecular complexity index is 255. The van der Waals surface area contributed by atoms with Gasteiger partial charge in [-0.25, -0.2) is 0 Å². The van der Waals surface area contributed by atoms with Crippen LogP contribution < -0.4 is 4.74 Å². The zero-order chi connectivity index (χ0) is 8.10. The van der Waals surface area contributed by atoms with Crippen LogP contribution in [0.3, 0.4) is 0 Å². The molecule has 0 aliphatic rings. The minimum Gasteiger partial charge on any atom is -0.464 e. The lowest BCUT2D eigenvalue weighted by Gasteiger charge is -2.01. The van der Waals surface area contributed by atoms with Crippen molar-refractivity contribution in [2.75, 3.05) is 0 Å². The van der Waals surface area contributed by atoms with Gasteiger partial charge >= 0.3 is 0 Å². The maximum atomic E-state index is 5.30. The summed E-state index contributed by atoms with van der Waals surface area (Å²) in [5.41, 5.74) is 2.44. The monoisotopic (exact) mass is 168 g/mol. The van der Waals surface area contributed by atoms with Gasteiger partial charge < -0.3 is 4.74 Å². The topological polar surface area (TPSA) is 9.23 Å². The molecule has 0 fully saturated rings.